The van der Waals surface area contributed by atoms with Crippen molar-refractivity contribution in [3.63, 3.8) is 0 Å². The van der Waals surface area contributed by atoms with Gasteiger partial charge in [0.05, 0.1) is 11.3 Å². The first-order valence-corrected chi connectivity index (χ1v) is 10.6. The van der Waals surface area contributed by atoms with Gasteiger partial charge in [0, 0.05) is 17.9 Å². The lowest BCUT2D eigenvalue weighted by Crippen LogP contribution is -2.36. The fourth-order valence-electron chi connectivity index (χ4n) is 4.02. The molecule has 1 aromatic carbocycles. The quantitative estimate of drug-likeness (QED) is 0.754. The molecule has 4 nitrogen and oxygen atoms in total. The summed E-state index contributed by atoms with van der Waals surface area (Å²) in [6.45, 7) is 3.00. The van der Waals surface area contributed by atoms with Gasteiger partial charge in [0.25, 0.3) is 0 Å². The van der Waals surface area contributed by atoms with Crippen LogP contribution < -0.4 is 4.90 Å². The molecule has 1 atom stereocenters. The first-order valence-electron chi connectivity index (χ1n) is 9.59. The van der Waals surface area contributed by atoms with Crippen molar-refractivity contribution in [3.05, 3.63) is 52.7 Å². The van der Waals surface area contributed by atoms with E-state index in [1.54, 1.807) is 0 Å². The van der Waals surface area contributed by atoms with Gasteiger partial charge in [-0.25, -0.2) is 4.98 Å². The third-order valence-electron chi connectivity index (χ3n) is 5.46. The van der Waals surface area contributed by atoms with Gasteiger partial charge in [-0.15, -0.1) is 0 Å². The number of hydrogen-bond acceptors (Lipinski definition) is 4. The molecule has 2 heterocycles. The third-order valence-corrected chi connectivity index (χ3v) is 6.44. The summed E-state index contributed by atoms with van der Waals surface area (Å²) < 4.78 is 0. The average Bonchev–Trinajstić information content (AvgIpc) is 2.70. The number of carbonyl (C=O) groups excluding carboxylic acids is 1. The number of aromatic nitrogens is 1. The van der Waals surface area contributed by atoms with Crippen molar-refractivity contribution in [2.24, 2.45) is 5.92 Å². The highest BCUT2D eigenvalue weighted by Crippen LogP contribution is 2.31. The molecule has 2 aromatic rings. The van der Waals surface area contributed by atoms with Crippen LogP contribution in [0.1, 0.15) is 42.1 Å². The van der Waals surface area contributed by atoms with Gasteiger partial charge >= 0.3 is 0 Å². The molecule has 0 fully saturated rings. The highest BCUT2D eigenvalue weighted by Gasteiger charge is 2.24. The number of aryl methyl sites for hydroxylation is 2. The summed E-state index contributed by atoms with van der Waals surface area (Å²) in [7, 11) is 0. The number of nitrogens with zero attached hydrogens (tertiary/aromatic N) is 3. The fraction of sp³-hybridized carbons (Fsp3) is 0.409. The monoisotopic (exact) mass is 377 g/mol. The Morgan fingerprint density at radius 2 is 2.19 bits per heavy atom. The van der Waals surface area contributed by atoms with Gasteiger partial charge < -0.3 is 4.90 Å². The van der Waals surface area contributed by atoms with Crippen molar-refractivity contribution < 1.29 is 4.79 Å². The molecule has 1 aliphatic heterocycles. The molecule has 0 N–H and O–H groups in total. The number of thioether (sulfide) groups is 1. The maximum Gasteiger partial charge on any atom is 0.237 e. The van der Waals surface area contributed by atoms with E-state index < -0.39 is 0 Å². The van der Waals surface area contributed by atoms with Crippen LogP contribution in [0.5, 0.6) is 0 Å². The van der Waals surface area contributed by atoms with Crippen LogP contribution in [-0.2, 0) is 24.1 Å². The molecule has 27 heavy (non-hydrogen) atoms. The van der Waals surface area contributed by atoms with Gasteiger partial charge in [0.15, 0.2) is 0 Å². The lowest BCUT2D eigenvalue weighted by Gasteiger charge is -2.29. The Kier molecular flexibility index (Phi) is 5.18. The zero-order chi connectivity index (χ0) is 18.8. The molecule has 1 unspecified atom stereocenters. The van der Waals surface area contributed by atoms with Crippen LogP contribution in [0.3, 0.4) is 0 Å². The largest absolute Gasteiger partial charge is 0.311 e. The predicted molar refractivity (Wildman–Crippen MR) is 108 cm³/mol. The zero-order valence-corrected chi connectivity index (χ0v) is 16.4. The van der Waals surface area contributed by atoms with Crippen LogP contribution in [0.2, 0.25) is 0 Å². The molecule has 0 saturated carbocycles. The standard InChI is InChI=1S/C22H23N3OS/c1-15-8-9-19-17(11-15)12-18(13-23)22(24-19)27-14-21(26)25-10-4-6-16-5-2-3-7-20(16)25/h2-3,5,7,12,15H,4,6,8-11,14H2,1H3. The third kappa shape index (κ3) is 3.72. The Balaban J connectivity index is 1.51. The van der Waals surface area contributed by atoms with E-state index in [1.807, 2.05) is 29.2 Å². The van der Waals surface area contributed by atoms with Crippen molar-refractivity contribution >= 4 is 23.4 Å². The van der Waals surface area contributed by atoms with Crippen LogP contribution in [-0.4, -0.2) is 23.2 Å². The Hall–Kier alpha value is -2.32. The highest BCUT2D eigenvalue weighted by atomic mass is 32.2. The van der Waals surface area contributed by atoms with Crippen molar-refractivity contribution in [2.75, 3.05) is 17.2 Å². The second-order valence-corrected chi connectivity index (χ2v) is 8.44. The minimum atomic E-state index is 0.0872. The molecule has 0 saturated heterocycles. The second kappa shape index (κ2) is 7.74. The van der Waals surface area contributed by atoms with E-state index in [0.29, 0.717) is 22.3 Å². The maximum absolute atomic E-state index is 12.9. The number of nitriles is 1. The summed E-state index contributed by atoms with van der Waals surface area (Å²) >= 11 is 1.40. The highest BCUT2D eigenvalue weighted by molar-refractivity contribution is 8.00. The van der Waals surface area contributed by atoms with Gasteiger partial charge in [-0.2, -0.15) is 5.26 Å². The van der Waals surface area contributed by atoms with Crippen molar-refractivity contribution in [3.8, 4) is 6.07 Å². The Labute approximate surface area is 164 Å². The maximum atomic E-state index is 12.9. The summed E-state index contributed by atoms with van der Waals surface area (Å²) in [6.07, 6.45) is 5.11. The van der Waals surface area contributed by atoms with Crippen molar-refractivity contribution in [1.29, 1.82) is 5.26 Å². The average molecular weight is 378 g/mol. The van der Waals surface area contributed by atoms with E-state index in [4.69, 9.17) is 4.98 Å². The van der Waals surface area contributed by atoms with Crippen LogP contribution >= 0.6 is 11.8 Å². The number of para-hydroxylation sites is 1. The number of rotatable bonds is 3. The molecule has 0 bridgehead atoms. The fourth-order valence-corrected chi connectivity index (χ4v) is 4.87. The number of fused-ring (bicyclic) bond motifs is 2. The summed E-state index contributed by atoms with van der Waals surface area (Å²) in [6, 6.07) is 12.4. The van der Waals surface area contributed by atoms with Gasteiger partial charge in [0.1, 0.15) is 11.1 Å². The molecular weight excluding hydrogens is 354 g/mol. The Bertz CT molecular complexity index is 918. The van der Waals surface area contributed by atoms with Crippen LogP contribution in [0.25, 0.3) is 0 Å². The van der Waals surface area contributed by atoms with E-state index in [9.17, 15) is 10.1 Å². The lowest BCUT2D eigenvalue weighted by molar-refractivity contribution is -0.116. The number of anilines is 1. The summed E-state index contributed by atoms with van der Waals surface area (Å²) in [5, 5.41) is 10.2. The van der Waals surface area contributed by atoms with E-state index in [0.717, 1.165) is 50.0 Å². The predicted octanol–water partition coefficient (Wildman–Crippen LogP) is 4.15. The minimum absolute atomic E-state index is 0.0872. The van der Waals surface area contributed by atoms with Crippen LogP contribution in [0.15, 0.2) is 35.4 Å². The van der Waals surface area contributed by atoms with Crippen molar-refractivity contribution in [1.82, 2.24) is 4.98 Å². The Morgan fingerprint density at radius 3 is 3.04 bits per heavy atom. The smallest absolute Gasteiger partial charge is 0.237 e. The molecule has 1 aromatic heterocycles. The molecule has 0 radical (unpaired) electrons. The zero-order valence-electron chi connectivity index (χ0n) is 15.6. The molecule has 5 heteroatoms. The van der Waals surface area contributed by atoms with E-state index in [1.165, 1.54) is 22.9 Å². The van der Waals surface area contributed by atoms with Gasteiger partial charge in [-0.05, 0) is 61.3 Å². The first kappa shape index (κ1) is 18.1. The van der Waals surface area contributed by atoms with Crippen molar-refractivity contribution in [2.45, 2.75) is 44.1 Å². The SMILES string of the molecule is CC1CCc2nc(SCC(=O)N3CCCc4ccccc43)c(C#N)cc2C1. The normalized spacial score (nSPS) is 18.4. The van der Waals surface area contributed by atoms with E-state index in [2.05, 4.69) is 19.1 Å². The second-order valence-electron chi connectivity index (χ2n) is 7.47. The molecule has 0 spiro atoms. The Morgan fingerprint density at radius 1 is 1.33 bits per heavy atom. The molecule has 1 aliphatic carbocycles. The molecule has 4 rings (SSSR count). The summed E-state index contributed by atoms with van der Waals surface area (Å²) in [4.78, 5) is 19.5. The van der Waals surface area contributed by atoms with E-state index in [-0.39, 0.29) is 5.91 Å². The molecule has 1 amide bonds. The minimum Gasteiger partial charge on any atom is -0.311 e. The van der Waals surface area contributed by atoms with Crippen LogP contribution in [0.4, 0.5) is 5.69 Å². The number of amides is 1. The topological polar surface area (TPSA) is 57.0 Å². The first-order chi connectivity index (χ1) is 13.2. The molecular formula is C22H23N3OS. The summed E-state index contributed by atoms with van der Waals surface area (Å²) in [5.41, 5.74) is 5.17. The van der Waals surface area contributed by atoms with Crippen LogP contribution in [0, 0.1) is 17.2 Å². The number of pyridine rings is 1. The lowest BCUT2D eigenvalue weighted by atomic mass is 9.87. The molecule has 2 aliphatic rings. The number of hydrogen-bond donors (Lipinski definition) is 0. The van der Waals surface area contributed by atoms with Gasteiger partial charge in [-0.3, -0.25) is 4.79 Å². The molecule has 138 valence electrons. The number of benzene rings is 1. The van der Waals surface area contributed by atoms with E-state index >= 15 is 0 Å². The van der Waals surface area contributed by atoms with Gasteiger partial charge in [0.2, 0.25) is 5.91 Å². The number of carbonyl (C=O) groups is 1. The van der Waals surface area contributed by atoms with Gasteiger partial charge in [-0.1, -0.05) is 36.9 Å². The summed E-state index contributed by atoms with van der Waals surface area (Å²) in [5.74, 6) is 1.04.